The van der Waals surface area contributed by atoms with E-state index in [1.54, 1.807) is 30.3 Å². The smallest absolute Gasteiger partial charge is 0.330 e. The number of amides is 1. The Morgan fingerprint density at radius 2 is 1.53 bits per heavy atom. The second kappa shape index (κ2) is 10.3. The second-order valence-electron chi connectivity index (χ2n) is 8.38. The number of carbonyl (C=O) groups excluding carboxylic acids is 1. The normalized spacial score (nSPS) is 12.4. The van der Waals surface area contributed by atoms with E-state index in [9.17, 15) is 22.8 Å². The standard InChI is InChI=1S/C26H26N4O5S/c1-29-22-14-13-20(17-21(22)25(32)30(2)26(29)33)36(34,35)28-23(19-11-7-4-8-12-19)24(31)27-16-15-18-9-5-3-6-10-18/h3-14,17,23,28H,15-16H2,1-2H3,(H,27,31). The first-order chi connectivity index (χ1) is 17.2. The number of hydrogen-bond donors (Lipinski definition) is 2. The van der Waals surface area contributed by atoms with Crippen LogP contribution in [0.25, 0.3) is 10.9 Å². The van der Waals surface area contributed by atoms with E-state index in [0.717, 1.165) is 10.1 Å². The molecule has 0 saturated carbocycles. The van der Waals surface area contributed by atoms with Crippen molar-refractivity contribution in [1.29, 1.82) is 0 Å². The summed E-state index contributed by atoms with van der Waals surface area (Å²) in [7, 11) is -1.39. The third-order valence-electron chi connectivity index (χ3n) is 5.97. The van der Waals surface area contributed by atoms with Crippen molar-refractivity contribution in [3.8, 4) is 0 Å². The fraction of sp³-hybridized carbons (Fsp3) is 0.192. The maximum Gasteiger partial charge on any atom is 0.330 e. The molecule has 4 rings (SSSR count). The van der Waals surface area contributed by atoms with Crippen LogP contribution in [0.3, 0.4) is 0 Å². The van der Waals surface area contributed by atoms with Gasteiger partial charge in [0.25, 0.3) is 5.56 Å². The van der Waals surface area contributed by atoms with Gasteiger partial charge in [0.2, 0.25) is 15.9 Å². The summed E-state index contributed by atoms with van der Waals surface area (Å²) in [5, 5.41) is 2.88. The number of carbonyl (C=O) groups is 1. The van der Waals surface area contributed by atoms with E-state index in [2.05, 4.69) is 10.0 Å². The van der Waals surface area contributed by atoms with Crippen LogP contribution < -0.4 is 21.3 Å². The van der Waals surface area contributed by atoms with Gasteiger partial charge < -0.3 is 5.32 Å². The molecule has 1 atom stereocenters. The molecule has 1 amide bonds. The lowest BCUT2D eigenvalue weighted by molar-refractivity contribution is -0.122. The van der Waals surface area contributed by atoms with Gasteiger partial charge in [0.15, 0.2) is 0 Å². The average molecular weight is 507 g/mol. The average Bonchev–Trinajstić information content (AvgIpc) is 2.90. The molecule has 4 aromatic rings. The summed E-state index contributed by atoms with van der Waals surface area (Å²) in [6.45, 7) is 0.327. The third kappa shape index (κ3) is 5.14. The molecule has 0 fully saturated rings. The highest BCUT2D eigenvalue weighted by Gasteiger charge is 2.27. The Balaban J connectivity index is 1.63. The van der Waals surface area contributed by atoms with Crippen LogP contribution in [0.4, 0.5) is 0 Å². The van der Waals surface area contributed by atoms with E-state index in [-0.39, 0.29) is 10.3 Å². The lowest BCUT2D eigenvalue weighted by Gasteiger charge is -2.19. The molecule has 0 aliphatic heterocycles. The molecule has 9 nitrogen and oxygen atoms in total. The number of sulfonamides is 1. The van der Waals surface area contributed by atoms with E-state index in [4.69, 9.17) is 0 Å². The van der Waals surface area contributed by atoms with E-state index in [0.29, 0.717) is 24.0 Å². The molecule has 10 heteroatoms. The molecule has 1 aromatic heterocycles. The molecular formula is C26H26N4O5S. The lowest BCUT2D eigenvalue weighted by Crippen LogP contribution is -2.41. The number of aromatic nitrogens is 2. The van der Waals surface area contributed by atoms with Crippen LogP contribution >= 0.6 is 0 Å². The second-order valence-corrected chi connectivity index (χ2v) is 10.1. The molecule has 0 radical (unpaired) electrons. The van der Waals surface area contributed by atoms with Crippen molar-refractivity contribution in [3.63, 3.8) is 0 Å². The first-order valence-corrected chi connectivity index (χ1v) is 12.8. The Hall–Kier alpha value is -4.02. The molecule has 186 valence electrons. The topological polar surface area (TPSA) is 119 Å². The number of benzene rings is 3. The SMILES string of the molecule is Cn1c(=O)c2cc(S(=O)(=O)NC(C(=O)NCCc3ccccc3)c3ccccc3)ccc2n(C)c1=O. The first kappa shape index (κ1) is 25.1. The van der Waals surface area contributed by atoms with Gasteiger partial charge in [-0.3, -0.25) is 18.7 Å². The first-order valence-electron chi connectivity index (χ1n) is 11.3. The highest BCUT2D eigenvalue weighted by molar-refractivity contribution is 7.89. The van der Waals surface area contributed by atoms with Gasteiger partial charge in [-0.15, -0.1) is 0 Å². The van der Waals surface area contributed by atoms with Crippen molar-refractivity contribution >= 4 is 26.8 Å². The molecule has 0 saturated heterocycles. The minimum atomic E-state index is -4.22. The monoisotopic (exact) mass is 506 g/mol. The Kier molecular flexibility index (Phi) is 7.18. The Bertz CT molecular complexity index is 1630. The van der Waals surface area contributed by atoms with Gasteiger partial charge in [-0.25, -0.2) is 13.2 Å². The summed E-state index contributed by atoms with van der Waals surface area (Å²) in [6, 6.07) is 20.9. The quantitative estimate of drug-likeness (QED) is 0.376. The van der Waals surface area contributed by atoms with Crippen molar-refractivity contribution in [2.75, 3.05) is 6.54 Å². The van der Waals surface area contributed by atoms with Gasteiger partial charge in [0, 0.05) is 20.6 Å². The summed E-state index contributed by atoms with van der Waals surface area (Å²) in [4.78, 5) is 37.7. The molecule has 0 spiro atoms. The largest absolute Gasteiger partial charge is 0.354 e. The molecule has 0 bridgehead atoms. The number of rotatable bonds is 8. The van der Waals surface area contributed by atoms with Crippen molar-refractivity contribution < 1.29 is 13.2 Å². The highest BCUT2D eigenvalue weighted by atomic mass is 32.2. The van der Waals surface area contributed by atoms with Crippen LogP contribution in [0, 0.1) is 0 Å². The van der Waals surface area contributed by atoms with Crippen LogP contribution in [0.2, 0.25) is 0 Å². The summed E-state index contributed by atoms with van der Waals surface area (Å²) in [5.74, 6) is -0.500. The third-order valence-corrected chi connectivity index (χ3v) is 7.39. The fourth-order valence-corrected chi connectivity index (χ4v) is 5.17. The van der Waals surface area contributed by atoms with Crippen LogP contribution in [-0.4, -0.2) is 30.0 Å². The van der Waals surface area contributed by atoms with Crippen LogP contribution in [0.5, 0.6) is 0 Å². The van der Waals surface area contributed by atoms with Crippen molar-refractivity contribution in [3.05, 3.63) is 111 Å². The van der Waals surface area contributed by atoms with E-state index >= 15 is 0 Å². The van der Waals surface area contributed by atoms with Gasteiger partial charge in [0.1, 0.15) is 6.04 Å². The molecule has 0 aliphatic rings. The Morgan fingerprint density at radius 3 is 2.19 bits per heavy atom. The zero-order valence-corrected chi connectivity index (χ0v) is 20.7. The Labute approximate surface area is 208 Å². The molecular weight excluding hydrogens is 480 g/mol. The number of fused-ring (bicyclic) bond motifs is 1. The maximum atomic E-state index is 13.3. The minimum Gasteiger partial charge on any atom is -0.354 e. The summed E-state index contributed by atoms with van der Waals surface area (Å²) in [6.07, 6.45) is 0.591. The van der Waals surface area contributed by atoms with Crippen molar-refractivity contribution in [2.24, 2.45) is 14.1 Å². The number of nitrogens with one attached hydrogen (secondary N) is 2. The van der Waals surface area contributed by atoms with E-state index < -0.39 is 33.2 Å². The zero-order chi connectivity index (χ0) is 25.9. The fourth-order valence-electron chi connectivity index (χ4n) is 3.96. The summed E-state index contributed by atoms with van der Waals surface area (Å²) in [5.41, 5.74) is 0.695. The van der Waals surface area contributed by atoms with Gasteiger partial charge >= 0.3 is 5.69 Å². The molecule has 0 aliphatic carbocycles. The van der Waals surface area contributed by atoms with Crippen LogP contribution in [-0.2, 0) is 35.3 Å². The van der Waals surface area contributed by atoms with Gasteiger partial charge in [-0.05, 0) is 35.7 Å². The molecule has 36 heavy (non-hydrogen) atoms. The Morgan fingerprint density at radius 1 is 0.889 bits per heavy atom. The summed E-state index contributed by atoms with van der Waals surface area (Å²) >= 11 is 0. The number of aryl methyl sites for hydroxylation is 1. The highest BCUT2D eigenvalue weighted by Crippen LogP contribution is 2.20. The van der Waals surface area contributed by atoms with Crippen LogP contribution in [0.15, 0.2) is 93.3 Å². The molecule has 1 heterocycles. The minimum absolute atomic E-state index is 0.0750. The predicted molar refractivity (Wildman–Crippen MR) is 137 cm³/mol. The van der Waals surface area contributed by atoms with E-state index in [1.807, 2.05) is 30.3 Å². The van der Waals surface area contributed by atoms with Gasteiger partial charge in [-0.2, -0.15) is 4.72 Å². The van der Waals surface area contributed by atoms with Crippen molar-refractivity contribution in [1.82, 2.24) is 19.2 Å². The van der Waals surface area contributed by atoms with Gasteiger partial charge in [0.05, 0.1) is 15.8 Å². The lowest BCUT2D eigenvalue weighted by atomic mass is 10.1. The number of nitrogens with zero attached hydrogens (tertiary/aromatic N) is 2. The summed E-state index contributed by atoms with van der Waals surface area (Å²) < 4.78 is 31.3. The van der Waals surface area contributed by atoms with Crippen LogP contribution in [0.1, 0.15) is 17.2 Å². The predicted octanol–water partition coefficient (Wildman–Crippen LogP) is 1.62. The number of hydrogen-bond acceptors (Lipinski definition) is 5. The molecule has 1 unspecified atom stereocenters. The zero-order valence-electron chi connectivity index (χ0n) is 19.8. The van der Waals surface area contributed by atoms with Crippen molar-refractivity contribution in [2.45, 2.75) is 17.4 Å². The maximum absolute atomic E-state index is 13.3. The molecule has 3 aromatic carbocycles. The van der Waals surface area contributed by atoms with E-state index in [1.165, 1.54) is 36.9 Å². The van der Waals surface area contributed by atoms with Gasteiger partial charge in [-0.1, -0.05) is 60.7 Å². The molecule has 2 N–H and O–H groups in total.